The Morgan fingerprint density at radius 1 is 1.46 bits per heavy atom. The van der Waals surface area contributed by atoms with Gasteiger partial charge in [-0.2, -0.15) is 0 Å². The van der Waals surface area contributed by atoms with Crippen molar-refractivity contribution < 1.29 is 0 Å². The zero-order valence-corrected chi connectivity index (χ0v) is 18.2. The molecule has 4 nitrogen and oxygen atoms in total. The SMILES string of the molecule is C=C(C)CN1CCC(NC(=NC)NCC(C)c2cccs2)CC1.I. The molecule has 0 aliphatic carbocycles. The van der Waals surface area contributed by atoms with Crippen molar-refractivity contribution in [2.24, 2.45) is 4.99 Å². The lowest BCUT2D eigenvalue weighted by molar-refractivity contribution is 0.221. The van der Waals surface area contributed by atoms with Crippen LogP contribution in [0, 0.1) is 0 Å². The first kappa shape index (κ1) is 21.4. The molecule has 1 atom stereocenters. The predicted octanol–water partition coefficient (Wildman–Crippen LogP) is 3.68. The van der Waals surface area contributed by atoms with Crippen LogP contribution in [0.5, 0.6) is 0 Å². The van der Waals surface area contributed by atoms with Gasteiger partial charge in [-0.3, -0.25) is 9.89 Å². The summed E-state index contributed by atoms with van der Waals surface area (Å²) in [5.41, 5.74) is 1.25. The van der Waals surface area contributed by atoms with Crippen LogP contribution < -0.4 is 10.6 Å². The minimum Gasteiger partial charge on any atom is -0.356 e. The Morgan fingerprint density at radius 2 is 2.17 bits per heavy atom. The number of halogens is 1. The number of likely N-dealkylation sites (tertiary alicyclic amines) is 1. The van der Waals surface area contributed by atoms with Gasteiger partial charge in [-0.1, -0.05) is 25.1 Å². The smallest absolute Gasteiger partial charge is 0.191 e. The van der Waals surface area contributed by atoms with Crippen LogP contribution in [0.4, 0.5) is 0 Å². The second kappa shape index (κ2) is 11.1. The summed E-state index contributed by atoms with van der Waals surface area (Å²) in [4.78, 5) is 8.27. The third-order valence-electron chi connectivity index (χ3n) is 4.25. The summed E-state index contributed by atoms with van der Waals surface area (Å²) in [6, 6.07) is 4.83. The lowest BCUT2D eigenvalue weighted by Gasteiger charge is -2.33. The van der Waals surface area contributed by atoms with Crippen molar-refractivity contribution in [3.8, 4) is 0 Å². The van der Waals surface area contributed by atoms with Crippen molar-refractivity contribution in [1.29, 1.82) is 0 Å². The number of nitrogens with zero attached hydrogens (tertiary/aromatic N) is 2. The van der Waals surface area contributed by atoms with Crippen LogP contribution in [0.25, 0.3) is 0 Å². The van der Waals surface area contributed by atoms with Crippen molar-refractivity contribution in [2.45, 2.75) is 38.6 Å². The van der Waals surface area contributed by atoms with Crippen molar-refractivity contribution in [3.63, 3.8) is 0 Å². The van der Waals surface area contributed by atoms with Gasteiger partial charge in [0.25, 0.3) is 0 Å². The number of hydrogen-bond acceptors (Lipinski definition) is 3. The average Bonchev–Trinajstić information content (AvgIpc) is 3.06. The van der Waals surface area contributed by atoms with Crippen LogP contribution in [0.2, 0.25) is 0 Å². The average molecular weight is 462 g/mol. The maximum Gasteiger partial charge on any atom is 0.191 e. The third kappa shape index (κ3) is 7.11. The molecule has 1 aromatic rings. The normalized spacial score (nSPS) is 17.9. The molecule has 2 rings (SSSR count). The highest BCUT2D eigenvalue weighted by molar-refractivity contribution is 14.0. The standard InChI is InChI=1S/C18H30N4S.HI/c1-14(2)13-22-9-7-16(8-10-22)21-18(19-4)20-12-15(3)17-6-5-11-23-17;/h5-6,11,15-16H,1,7-10,12-13H2,2-4H3,(H2,19,20,21);1H. The van der Waals surface area contributed by atoms with E-state index in [2.05, 4.69) is 58.5 Å². The minimum absolute atomic E-state index is 0. The highest BCUT2D eigenvalue weighted by Crippen LogP contribution is 2.19. The van der Waals surface area contributed by atoms with Crippen molar-refractivity contribution in [3.05, 3.63) is 34.5 Å². The molecule has 24 heavy (non-hydrogen) atoms. The van der Waals surface area contributed by atoms with Crippen LogP contribution in [-0.2, 0) is 0 Å². The van der Waals surface area contributed by atoms with Gasteiger partial charge >= 0.3 is 0 Å². The maximum atomic E-state index is 4.37. The molecule has 1 aliphatic heterocycles. The summed E-state index contributed by atoms with van der Waals surface area (Å²) in [6.45, 7) is 12.6. The second-order valence-electron chi connectivity index (χ2n) is 6.52. The summed E-state index contributed by atoms with van der Waals surface area (Å²) in [6.07, 6.45) is 2.32. The van der Waals surface area contributed by atoms with E-state index in [0.29, 0.717) is 12.0 Å². The van der Waals surface area contributed by atoms with Gasteiger partial charge in [-0.05, 0) is 31.2 Å². The van der Waals surface area contributed by atoms with Crippen LogP contribution in [0.15, 0.2) is 34.7 Å². The topological polar surface area (TPSA) is 39.7 Å². The Balaban J connectivity index is 0.00000288. The molecule has 0 aromatic carbocycles. The number of thiophene rings is 1. The largest absolute Gasteiger partial charge is 0.356 e. The lowest BCUT2D eigenvalue weighted by Crippen LogP contribution is -2.49. The molecule has 1 fully saturated rings. The summed E-state index contributed by atoms with van der Waals surface area (Å²) in [5, 5.41) is 9.18. The van der Waals surface area contributed by atoms with E-state index in [1.165, 1.54) is 10.5 Å². The molecule has 1 saturated heterocycles. The van der Waals surface area contributed by atoms with Gasteiger partial charge in [0.1, 0.15) is 0 Å². The number of hydrogen-bond donors (Lipinski definition) is 2. The fourth-order valence-corrected chi connectivity index (χ4v) is 3.71. The molecule has 2 heterocycles. The van der Waals surface area contributed by atoms with E-state index in [0.717, 1.165) is 45.0 Å². The van der Waals surface area contributed by atoms with E-state index in [1.807, 2.05) is 18.4 Å². The van der Waals surface area contributed by atoms with Gasteiger partial charge in [0.05, 0.1) is 0 Å². The Hall–Kier alpha value is -0.600. The fourth-order valence-electron chi connectivity index (χ4n) is 2.93. The molecule has 0 amide bonds. The molecule has 0 saturated carbocycles. The van der Waals surface area contributed by atoms with Gasteiger partial charge in [0.15, 0.2) is 5.96 Å². The molecule has 0 radical (unpaired) electrons. The molecule has 136 valence electrons. The van der Waals surface area contributed by atoms with Crippen LogP contribution in [-0.4, -0.2) is 50.1 Å². The number of aliphatic imine (C=N–C) groups is 1. The van der Waals surface area contributed by atoms with Gasteiger partial charge in [-0.15, -0.1) is 35.3 Å². The zero-order valence-electron chi connectivity index (χ0n) is 15.0. The molecule has 1 aliphatic rings. The summed E-state index contributed by atoms with van der Waals surface area (Å²) < 4.78 is 0. The number of rotatable bonds is 6. The molecular formula is C18H31IN4S. The Morgan fingerprint density at radius 3 is 2.71 bits per heavy atom. The van der Waals surface area contributed by atoms with Gasteiger partial charge in [-0.25, -0.2) is 0 Å². The Bertz CT molecular complexity index is 507. The van der Waals surface area contributed by atoms with E-state index >= 15 is 0 Å². The Kier molecular flexibility index (Phi) is 9.92. The Labute approximate surface area is 167 Å². The molecule has 1 unspecified atom stereocenters. The van der Waals surface area contributed by atoms with Crippen LogP contribution in [0.3, 0.4) is 0 Å². The maximum absolute atomic E-state index is 4.37. The second-order valence-corrected chi connectivity index (χ2v) is 7.50. The monoisotopic (exact) mass is 462 g/mol. The number of guanidine groups is 1. The van der Waals surface area contributed by atoms with Crippen LogP contribution in [0.1, 0.15) is 37.5 Å². The van der Waals surface area contributed by atoms with E-state index in [9.17, 15) is 0 Å². The molecular weight excluding hydrogens is 431 g/mol. The lowest BCUT2D eigenvalue weighted by atomic mass is 10.0. The van der Waals surface area contributed by atoms with Crippen molar-refractivity contribution >= 4 is 41.3 Å². The number of nitrogens with one attached hydrogen (secondary N) is 2. The van der Waals surface area contributed by atoms with E-state index in [-0.39, 0.29) is 24.0 Å². The van der Waals surface area contributed by atoms with E-state index in [1.54, 1.807) is 0 Å². The first-order chi connectivity index (χ1) is 11.1. The molecule has 1 aromatic heterocycles. The summed E-state index contributed by atoms with van der Waals surface area (Å²) in [7, 11) is 1.85. The van der Waals surface area contributed by atoms with E-state index < -0.39 is 0 Å². The summed E-state index contributed by atoms with van der Waals surface area (Å²) in [5.74, 6) is 1.43. The van der Waals surface area contributed by atoms with Crippen molar-refractivity contribution in [2.75, 3.05) is 33.2 Å². The molecule has 6 heteroatoms. The summed E-state index contributed by atoms with van der Waals surface area (Å²) >= 11 is 1.82. The van der Waals surface area contributed by atoms with Crippen molar-refractivity contribution in [1.82, 2.24) is 15.5 Å². The molecule has 0 spiro atoms. The zero-order chi connectivity index (χ0) is 16.7. The highest BCUT2D eigenvalue weighted by Gasteiger charge is 2.20. The highest BCUT2D eigenvalue weighted by atomic mass is 127. The molecule has 2 N–H and O–H groups in total. The minimum atomic E-state index is 0. The quantitative estimate of drug-likeness (QED) is 0.293. The first-order valence-corrected chi connectivity index (χ1v) is 9.33. The van der Waals surface area contributed by atoms with E-state index in [4.69, 9.17) is 0 Å². The van der Waals surface area contributed by atoms with Gasteiger partial charge < -0.3 is 10.6 Å². The van der Waals surface area contributed by atoms with Gasteiger partial charge in [0, 0.05) is 50.1 Å². The third-order valence-corrected chi connectivity index (χ3v) is 5.35. The predicted molar refractivity (Wildman–Crippen MR) is 117 cm³/mol. The van der Waals surface area contributed by atoms with Gasteiger partial charge in [0.2, 0.25) is 0 Å². The van der Waals surface area contributed by atoms with Crippen LogP contribution >= 0.6 is 35.3 Å². The molecule has 0 bridgehead atoms. The number of piperidine rings is 1. The first-order valence-electron chi connectivity index (χ1n) is 8.45. The fraction of sp³-hybridized carbons (Fsp3) is 0.611.